The standard InChI is InChI=1S/C65H74N6O20/c1-40(73)68-50-31-51(71-65(80)85-39-45-25-15-6-16-26-45)55(89-58-48(69-63(78)83-37-43-21-11-4-12-22-43)29-27-46(86-58)32-66-61(76)81-35-41-17-7-2-8-18-41)57(53(50)74)91-60-54(75)56(52(34-72)88-60)90-59-49(70-64(79)84-38-44-23-13-5-14-24-44)30-28-47(87-59)33-67-62(77)82-36-42-19-9-3-10-20-42/h2-30,46-60,72,74-75H,31-39H2,1H3,(H,66,76)(H,67,77)(H,68,73)(H,69,78)(H,70,79)(H,71,80)/t46-,47+,48+,49+,50+,51-,52+,53-,54+,55+,56+,57+,58+,59+,60-/m0/s1. The summed E-state index contributed by atoms with van der Waals surface area (Å²) in [6.45, 7) is -0.340. The fourth-order valence-corrected chi connectivity index (χ4v) is 10.3. The summed E-state index contributed by atoms with van der Waals surface area (Å²) < 4.78 is 66.3. The number of carbonyl (C=O) groups is 6. The Bertz CT molecular complexity index is 3180. The van der Waals surface area contributed by atoms with Gasteiger partial charge in [0, 0.05) is 6.92 Å². The van der Waals surface area contributed by atoms with Gasteiger partial charge in [-0.25, -0.2) is 24.0 Å². The van der Waals surface area contributed by atoms with Crippen LogP contribution in [0.1, 0.15) is 41.2 Å². The molecule has 1 saturated carbocycles. The summed E-state index contributed by atoms with van der Waals surface area (Å²) >= 11 is 0. The molecule has 15 atom stereocenters. The second kappa shape index (κ2) is 33.7. The highest BCUT2D eigenvalue weighted by Crippen LogP contribution is 2.35. The van der Waals surface area contributed by atoms with E-state index in [2.05, 4.69) is 31.9 Å². The van der Waals surface area contributed by atoms with E-state index in [1.165, 1.54) is 19.1 Å². The van der Waals surface area contributed by atoms with E-state index in [1.807, 2.05) is 24.3 Å². The SMILES string of the molecule is CC(=O)N[C@@H]1C[C@H](NC(=O)OCc2ccccc2)[C@@H](O[C@H]2O[C@H](CNC(=O)OCc3ccccc3)C=C[C@H]2NC(=O)OCc2ccccc2)[C@H](O[C@@H]2O[C@H](CO)[C@@H](O[C@H]3O[C@@H](CNC(=O)OCc4ccccc4)C=C[C@H]3NC(=O)OCc3ccccc3)[C@H]2O)[C@H]1O. The first-order chi connectivity index (χ1) is 44.2. The highest BCUT2D eigenvalue weighted by Gasteiger charge is 2.54. The number of amides is 6. The molecule has 0 unspecified atom stereocenters. The second-order valence-electron chi connectivity index (χ2n) is 21.6. The lowest BCUT2D eigenvalue weighted by molar-refractivity contribution is -0.282. The van der Waals surface area contributed by atoms with E-state index < -0.39 is 135 Å². The van der Waals surface area contributed by atoms with Gasteiger partial charge in [0.2, 0.25) is 5.91 Å². The molecule has 91 heavy (non-hydrogen) atoms. The first kappa shape index (κ1) is 66.5. The van der Waals surface area contributed by atoms with Gasteiger partial charge in [-0.05, 0) is 34.2 Å². The molecule has 4 aliphatic rings. The third-order valence-corrected chi connectivity index (χ3v) is 14.8. The molecule has 0 spiro atoms. The van der Waals surface area contributed by atoms with Crippen LogP contribution in [0, 0.1) is 0 Å². The molecule has 26 heteroatoms. The highest BCUT2D eigenvalue weighted by molar-refractivity contribution is 5.73. The number of nitrogens with one attached hydrogen (secondary N) is 6. The molecular weight excluding hydrogens is 1180 g/mol. The van der Waals surface area contributed by atoms with E-state index in [4.69, 9.17) is 52.1 Å². The molecule has 9 N–H and O–H groups in total. The zero-order chi connectivity index (χ0) is 63.9. The lowest BCUT2D eigenvalue weighted by Crippen LogP contribution is -2.68. The van der Waals surface area contributed by atoms with Crippen molar-refractivity contribution in [2.45, 2.75) is 138 Å². The molecule has 1 saturated heterocycles. The zero-order valence-corrected chi connectivity index (χ0v) is 49.5. The molecule has 484 valence electrons. The molecule has 3 heterocycles. The molecule has 9 rings (SSSR count). The van der Waals surface area contributed by atoms with Gasteiger partial charge in [0.1, 0.15) is 81.7 Å². The zero-order valence-electron chi connectivity index (χ0n) is 49.5. The molecule has 1 aliphatic carbocycles. The van der Waals surface area contributed by atoms with Crippen molar-refractivity contribution >= 4 is 36.4 Å². The number of benzene rings is 5. The molecule has 0 radical (unpaired) electrons. The van der Waals surface area contributed by atoms with Crippen molar-refractivity contribution in [2.24, 2.45) is 0 Å². The van der Waals surface area contributed by atoms with E-state index in [-0.39, 0.29) is 52.5 Å². The third-order valence-electron chi connectivity index (χ3n) is 14.8. The van der Waals surface area contributed by atoms with Crippen LogP contribution in [0.15, 0.2) is 176 Å². The fourth-order valence-electron chi connectivity index (χ4n) is 10.3. The van der Waals surface area contributed by atoms with Crippen LogP contribution < -0.4 is 31.9 Å². The summed E-state index contributed by atoms with van der Waals surface area (Å²) in [5.41, 5.74) is 3.53. The Morgan fingerprint density at radius 3 is 1.16 bits per heavy atom. The second-order valence-corrected chi connectivity index (χ2v) is 21.6. The summed E-state index contributed by atoms with van der Waals surface area (Å²) in [6, 6.07) is 39.9. The summed E-state index contributed by atoms with van der Waals surface area (Å²) in [6.07, 6.45) is -14.9. The monoisotopic (exact) mass is 1260 g/mol. The van der Waals surface area contributed by atoms with Crippen molar-refractivity contribution in [3.8, 4) is 0 Å². The van der Waals surface area contributed by atoms with Crippen LogP contribution in [0.5, 0.6) is 0 Å². The largest absolute Gasteiger partial charge is 0.445 e. The topological polar surface area (TPSA) is 337 Å². The smallest absolute Gasteiger partial charge is 0.408 e. The summed E-state index contributed by atoms with van der Waals surface area (Å²) in [5.74, 6) is -0.582. The molecule has 2 fully saturated rings. The first-order valence-electron chi connectivity index (χ1n) is 29.6. The van der Waals surface area contributed by atoms with Crippen molar-refractivity contribution in [3.05, 3.63) is 204 Å². The highest BCUT2D eigenvalue weighted by atomic mass is 16.8. The number of alkyl carbamates (subject to hydrolysis) is 5. The van der Waals surface area contributed by atoms with Crippen molar-refractivity contribution in [2.75, 3.05) is 19.7 Å². The summed E-state index contributed by atoms with van der Waals surface area (Å²) in [7, 11) is 0. The molecule has 6 amide bonds. The van der Waals surface area contributed by atoms with Gasteiger partial charge in [0.05, 0.1) is 44.0 Å². The minimum Gasteiger partial charge on any atom is -0.445 e. The minimum absolute atomic E-state index is 0.0114. The predicted molar refractivity (Wildman–Crippen MR) is 320 cm³/mol. The maximum atomic E-state index is 13.9. The van der Waals surface area contributed by atoms with Crippen molar-refractivity contribution < 1.29 is 96.2 Å². The lowest BCUT2D eigenvalue weighted by Gasteiger charge is -2.47. The van der Waals surface area contributed by atoms with Crippen LogP contribution in [-0.2, 0) is 89.9 Å². The van der Waals surface area contributed by atoms with Crippen LogP contribution in [0.3, 0.4) is 0 Å². The van der Waals surface area contributed by atoms with Crippen LogP contribution >= 0.6 is 0 Å². The molecule has 0 bridgehead atoms. The van der Waals surface area contributed by atoms with Gasteiger partial charge in [0.25, 0.3) is 0 Å². The number of rotatable bonds is 25. The van der Waals surface area contributed by atoms with Crippen molar-refractivity contribution in [1.29, 1.82) is 0 Å². The van der Waals surface area contributed by atoms with Crippen LogP contribution in [0.25, 0.3) is 0 Å². The fraction of sp³-hybridized carbons (Fsp3) is 0.385. The summed E-state index contributed by atoms with van der Waals surface area (Å²) in [4.78, 5) is 79.6. The lowest BCUT2D eigenvalue weighted by atomic mass is 9.83. The van der Waals surface area contributed by atoms with Gasteiger partial charge in [-0.1, -0.05) is 176 Å². The Labute approximate surface area is 524 Å². The average Bonchev–Trinajstić information content (AvgIpc) is 1.80. The van der Waals surface area contributed by atoms with E-state index in [0.717, 1.165) is 11.1 Å². The molecule has 0 aromatic heterocycles. The Balaban J connectivity index is 0.968. The molecular formula is C65H74N6O20. The van der Waals surface area contributed by atoms with E-state index in [1.54, 1.807) is 140 Å². The number of hydrogen-bond donors (Lipinski definition) is 9. The first-order valence-corrected chi connectivity index (χ1v) is 29.6. The summed E-state index contributed by atoms with van der Waals surface area (Å²) in [5, 5.41) is 51.9. The van der Waals surface area contributed by atoms with Gasteiger partial charge in [0.15, 0.2) is 18.9 Å². The molecule has 5 aromatic rings. The van der Waals surface area contributed by atoms with Crippen LogP contribution in [0.4, 0.5) is 24.0 Å². The molecule has 26 nitrogen and oxygen atoms in total. The molecule has 5 aromatic carbocycles. The minimum atomic E-state index is -1.86. The normalized spacial score (nSPS) is 26.6. The number of carbonyl (C=O) groups excluding carboxylic acids is 6. The van der Waals surface area contributed by atoms with Crippen LogP contribution in [0.2, 0.25) is 0 Å². The van der Waals surface area contributed by atoms with E-state index >= 15 is 0 Å². The predicted octanol–water partition coefficient (Wildman–Crippen LogP) is 4.79. The van der Waals surface area contributed by atoms with Gasteiger partial charge < -0.3 is 99.3 Å². The van der Waals surface area contributed by atoms with Gasteiger partial charge in [-0.2, -0.15) is 0 Å². The van der Waals surface area contributed by atoms with E-state index in [0.29, 0.717) is 16.7 Å². The van der Waals surface area contributed by atoms with Gasteiger partial charge >= 0.3 is 30.5 Å². The Morgan fingerprint density at radius 1 is 0.418 bits per heavy atom. The number of aliphatic hydroxyl groups is 3. The average molecular weight is 1260 g/mol. The maximum absolute atomic E-state index is 13.9. The van der Waals surface area contributed by atoms with E-state index in [9.17, 15) is 44.1 Å². The molecule has 3 aliphatic heterocycles. The number of ether oxygens (including phenoxy) is 11. The number of hydrogen-bond acceptors (Lipinski definition) is 20. The van der Waals surface area contributed by atoms with Gasteiger partial charge in [-0.15, -0.1) is 0 Å². The van der Waals surface area contributed by atoms with Crippen LogP contribution in [-0.4, -0.2) is 163 Å². The van der Waals surface area contributed by atoms with Gasteiger partial charge in [-0.3, -0.25) is 4.79 Å². The quantitative estimate of drug-likeness (QED) is 0.0280. The number of aliphatic hydroxyl groups excluding tert-OH is 3. The van der Waals surface area contributed by atoms with Crippen molar-refractivity contribution in [3.63, 3.8) is 0 Å². The van der Waals surface area contributed by atoms with Crippen molar-refractivity contribution in [1.82, 2.24) is 31.9 Å². The third kappa shape index (κ3) is 20.3. The maximum Gasteiger partial charge on any atom is 0.408 e. The Kier molecular flexibility index (Phi) is 24.6. The Hall–Kier alpha value is -8.96. The Morgan fingerprint density at radius 2 is 0.780 bits per heavy atom.